The Morgan fingerprint density at radius 2 is 1.56 bits per heavy atom. The van der Waals surface area contributed by atoms with Crippen molar-refractivity contribution in [3.8, 4) is 0 Å². The maximum Gasteiger partial charge on any atom is 0.220 e. The summed E-state index contributed by atoms with van der Waals surface area (Å²) in [5.41, 5.74) is 6.56. The van der Waals surface area contributed by atoms with Crippen molar-refractivity contribution in [3.05, 3.63) is 12.7 Å². The largest absolute Gasteiger partial charge is 0.387 e. The second kappa shape index (κ2) is 18.6. The number of fused-ring (bicyclic) bond motifs is 2. The Morgan fingerprint density at radius 3 is 2.26 bits per heavy atom. The topological polar surface area (TPSA) is 236 Å². The Morgan fingerprint density at radius 1 is 0.900 bits per heavy atom. The number of carbonyl (C=O) groups is 4. The zero-order chi connectivity index (χ0) is 35.5. The van der Waals surface area contributed by atoms with Crippen LogP contribution in [0, 0.1) is 5.92 Å². The molecular weight excluding hydrogens is 666 g/mol. The van der Waals surface area contributed by atoms with Gasteiger partial charge in [0.25, 0.3) is 0 Å². The zero-order valence-corrected chi connectivity index (χ0v) is 29.2. The van der Waals surface area contributed by atoms with Gasteiger partial charge in [-0.2, -0.15) is 11.8 Å². The highest BCUT2D eigenvalue weighted by Gasteiger charge is 2.44. The molecule has 0 aromatic carbocycles. The highest BCUT2D eigenvalue weighted by molar-refractivity contribution is 8.00. The molecule has 276 valence electrons. The van der Waals surface area contributed by atoms with Crippen LogP contribution in [0.15, 0.2) is 12.7 Å². The first-order chi connectivity index (χ1) is 24.2. The molecule has 3 saturated heterocycles. The summed E-state index contributed by atoms with van der Waals surface area (Å²) in [7, 11) is 0. The SMILES string of the molecule is Nc1ncnc2c1ncn2[C@@H]1O[C@H](CNC(=O)CCCCCNC(=O)CCCCCNC(=O)CCCC[C@@H]2SC[C@@H]3NC(=O)C[C@@H]32)[C@@H](O)[C@H]1O. The van der Waals surface area contributed by atoms with Gasteiger partial charge >= 0.3 is 0 Å². The monoisotopic (exact) mass is 717 g/mol. The first-order valence-corrected chi connectivity index (χ1v) is 18.9. The number of thioether (sulfide) groups is 1. The van der Waals surface area contributed by atoms with Gasteiger partial charge in [-0.25, -0.2) is 15.0 Å². The van der Waals surface area contributed by atoms with Crippen molar-refractivity contribution in [1.82, 2.24) is 40.8 Å². The molecule has 2 aromatic heterocycles. The van der Waals surface area contributed by atoms with Crippen LogP contribution < -0.4 is 27.0 Å². The van der Waals surface area contributed by atoms with Crippen LogP contribution in [0.2, 0.25) is 0 Å². The Balaban J connectivity index is 0.817. The molecule has 16 nitrogen and oxygen atoms in total. The fourth-order valence-corrected chi connectivity index (χ4v) is 8.51. The summed E-state index contributed by atoms with van der Waals surface area (Å²) in [6.45, 7) is 1.20. The van der Waals surface area contributed by atoms with Gasteiger partial charge in [0.2, 0.25) is 23.6 Å². The number of nitrogens with zero attached hydrogens (tertiary/aromatic N) is 4. The number of nitrogens with two attached hydrogens (primary N) is 1. The Labute approximate surface area is 295 Å². The minimum Gasteiger partial charge on any atom is -0.387 e. The van der Waals surface area contributed by atoms with Crippen molar-refractivity contribution < 1.29 is 34.1 Å². The molecular formula is C33H51N9O7S. The van der Waals surface area contributed by atoms with E-state index < -0.39 is 24.5 Å². The summed E-state index contributed by atoms with van der Waals surface area (Å²) in [6, 6.07) is 0.343. The smallest absolute Gasteiger partial charge is 0.220 e. The fourth-order valence-electron chi connectivity index (χ4n) is 6.86. The number of hydrogen-bond donors (Lipinski definition) is 7. The quantitative estimate of drug-likeness (QED) is 0.0937. The van der Waals surface area contributed by atoms with Crippen molar-refractivity contribution in [1.29, 1.82) is 0 Å². The molecule has 0 aliphatic carbocycles. The average molecular weight is 718 g/mol. The first kappa shape index (κ1) is 37.7. The number of ether oxygens (including phenoxy) is 1. The van der Waals surface area contributed by atoms with E-state index in [1.807, 2.05) is 11.8 Å². The number of aliphatic hydroxyl groups excluding tert-OH is 2. The fraction of sp³-hybridized carbons (Fsp3) is 0.727. The Kier molecular flexibility index (Phi) is 14.0. The van der Waals surface area contributed by atoms with Crippen LogP contribution >= 0.6 is 11.8 Å². The third-order valence-corrected chi connectivity index (χ3v) is 11.3. The minimum atomic E-state index is -1.26. The van der Waals surface area contributed by atoms with Crippen LogP contribution in [0.5, 0.6) is 0 Å². The summed E-state index contributed by atoms with van der Waals surface area (Å²) in [5.74, 6) is 1.73. The molecule has 8 N–H and O–H groups in total. The predicted molar refractivity (Wildman–Crippen MR) is 186 cm³/mol. The number of anilines is 1. The van der Waals surface area contributed by atoms with Crippen LogP contribution in [0.1, 0.15) is 89.7 Å². The lowest BCUT2D eigenvalue weighted by Crippen LogP contribution is -2.39. The maximum absolute atomic E-state index is 12.4. The first-order valence-electron chi connectivity index (χ1n) is 17.9. The van der Waals surface area contributed by atoms with Crippen molar-refractivity contribution in [3.63, 3.8) is 0 Å². The molecule has 4 amide bonds. The van der Waals surface area contributed by atoms with Crippen molar-refractivity contribution >= 4 is 52.4 Å². The van der Waals surface area contributed by atoms with Crippen molar-refractivity contribution in [2.24, 2.45) is 5.92 Å². The number of imidazole rings is 1. The molecule has 2 aromatic rings. The second-order valence-corrected chi connectivity index (χ2v) is 14.7. The highest BCUT2D eigenvalue weighted by Crippen LogP contribution is 2.40. The van der Waals surface area contributed by atoms with Crippen molar-refractivity contribution in [2.75, 3.05) is 31.1 Å². The van der Waals surface area contributed by atoms with Gasteiger partial charge in [0, 0.05) is 68.3 Å². The lowest BCUT2D eigenvalue weighted by molar-refractivity contribution is -0.123. The summed E-state index contributed by atoms with van der Waals surface area (Å²) >= 11 is 1.95. The predicted octanol–water partition coefficient (Wildman–Crippen LogP) is 0.678. The molecule has 0 saturated carbocycles. The molecule has 0 spiro atoms. The van der Waals surface area contributed by atoms with Gasteiger partial charge in [-0.1, -0.05) is 19.3 Å². The molecule has 7 atom stereocenters. The van der Waals surface area contributed by atoms with Gasteiger partial charge in [0.05, 0.1) is 6.33 Å². The number of aromatic nitrogens is 4. The molecule has 5 rings (SSSR count). The molecule has 17 heteroatoms. The van der Waals surface area contributed by atoms with Gasteiger partial charge in [-0.3, -0.25) is 23.7 Å². The average Bonchev–Trinajstić information content (AvgIpc) is 3.86. The summed E-state index contributed by atoms with van der Waals surface area (Å²) in [4.78, 5) is 60.5. The van der Waals surface area contributed by atoms with E-state index in [-0.39, 0.29) is 36.0 Å². The van der Waals surface area contributed by atoms with Crippen LogP contribution in [0.3, 0.4) is 0 Å². The number of amides is 4. The van der Waals surface area contributed by atoms with E-state index in [1.54, 1.807) is 0 Å². The van der Waals surface area contributed by atoms with E-state index >= 15 is 0 Å². The molecule has 3 aliphatic heterocycles. The number of carbonyl (C=O) groups excluding carboxylic acids is 4. The third kappa shape index (κ3) is 10.3. The summed E-state index contributed by atoms with van der Waals surface area (Å²) in [5, 5.41) is 33.3. The van der Waals surface area contributed by atoms with Gasteiger partial charge in [0.15, 0.2) is 17.7 Å². The van der Waals surface area contributed by atoms with E-state index in [4.69, 9.17) is 10.5 Å². The number of nitrogen functional groups attached to an aromatic ring is 1. The van der Waals surface area contributed by atoms with E-state index in [0.717, 1.165) is 57.1 Å². The van der Waals surface area contributed by atoms with Gasteiger partial charge in [-0.05, 0) is 38.5 Å². The standard InChI is InChI=1S/C33H51N9O7S/c34-31-28-32(39-18-38-31)42(19-40-28)33-30(48)29(47)22(49-33)16-37-26(45)11-4-2-8-13-35-24(43)10-3-1-7-14-36-25(44)12-6-5-9-23-20-15-27(46)41-21(20)17-50-23/h18-23,29-30,33,47-48H,1-17H2,(H,35,43)(H,36,44)(H,37,45)(H,41,46)(H2,34,38,39)/t20-,21-,22+,23-,29+,30+,33+/m0/s1. The third-order valence-electron chi connectivity index (χ3n) is 9.70. The van der Waals surface area contributed by atoms with E-state index in [9.17, 15) is 29.4 Å². The maximum atomic E-state index is 12.4. The normalized spacial score (nSPS) is 25.8. The molecule has 50 heavy (non-hydrogen) atoms. The Hall–Kier alpha value is -3.54. The second-order valence-electron chi connectivity index (χ2n) is 13.4. The van der Waals surface area contributed by atoms with Gasteiger partial charge < -0.3 is 42.0 Å². The number of hydrogen-bond acceptors (Lipinski definition) is 12. The van der Waals surface area contributed by atoms with Crippen LogP contribution in [-0.4, -0.2) is 108 Å². The molecule has 0 bridgehead atoms. The van der Waals surface area contributed by atoms with Gasteiger partial charge in [0.1, 0.15) is 30.2 Å². The zero-order valence-electron chi connectivity index (χ0n) is 28.4. The minimum absolute atomic E-state index is 0.00601. The molecule has 0 unspecified atom stereocenters. The molecule has 5 heterocycles. The summed E-state index contributed by atoms with van der Waals surface area (Å²) < 4.78 is 7.33. The van der Waals surface area contributed by atoms with Crippen molar-refractivity contribution in [2.45, 2.75) is 119 Å². The van der Waals surface area contributed by atoms with Crippen LogP contribution in [0.4, 0.5) is 5.82 Å². The van der Waals surface area contributed by atoms with E-state index in [1.165, 1.54) is 17.2 Å². The molecule has 3 aliphatic rings. The lowest BCUT2D eigenvalue weighted by Gasteiger charge is -2.16. The number of rotatable bonds is 20. The lowest BCUT2D eigenvalue weighted by atomic mass is 9.94. The van der Waals surface area contributed by atoms with E-state index in [0.29, 0.717) is 73.6 Å². The van der Waals surface area contributed by atoms with Gasteiger partial charge in [-0.15, -0.1) is 0 Å². The Bertz CT molecular complexity index is 1460. The summed E-state index contributed by atoms with van der Waals surface area (Å²) in [6.07, 6.45) is 7.94. The number of nitrogens with one attached hydrogen (secondary N) is 4. The number of unbranched alkanes of at least 4 members (excludes halogenated alkanes) is 5. The number of aliphatic hydroxyl groups is 2. The highest BCUT2D eigenvalue weighted by atomic mass is 32.2. The van der Waals surface area contributed by atoms with Crippen LogP contribution in [-0.2, 0) is 23.9 Å². The molecule has 3 fully saturated rings. The van der Waals surface area contributed by atoms with E-state index in [2.05, 4.69) is 36.2 Å². The van der Waals surface area contributed by atoms with Crippen LogP contribution in [0.25, 0.3) is 11.2 Å². The molecule has 0 radical (unpaired) electrons.